The quantitative estimate of drug-likeness (QED) is 0.819. The maximum atomic E-state index is 11.3. The highest BCUT2D eigenvalue weighted by Gasteiger charge is 2.13. The van der Waals surface area contributed by atoms with Gasteiger partial charge in [0.25, 0.3) is 0 Å². The molecule has 2 nitrogen and oxygen atoms in total. The summed E-state index contributed by atoms with van der Waals surface area (Å²) in [4.78, 5) is 14.7. The topological polar surface area (TPSA) is 32.9 Å². The van der Waals surface area contributed by atoms with E-state index in [1.165, 1.54) is 22.0 Å². The van der Waals surface area contributed by atoms with Gasteiger partial charge in [-0.1, -0.05) is 12.1 Å². The van der Waals surface area contributed by atoms with Crippen LogP contribution in [0.3, 0.4) is 0 Å². The zero-order chi connectivity index (χ0) is 11.9. The van der Waals surface area contributed by atoms with Crippen LogP contribution in [0.2, 0.25) is 0 Å². The Balaban J connectivity index is 2.77. The number of carbonyl (C=O) groups is 1. The van der Waals surface area contributed by atoms with E-state index in [4.69, 9.17) is 0 Å². The zero-order valence-electron chi connectivity index (χ0n) is 10.3. The Morgan fingerprint density at radius 3 is 2.44 bits per heavy atom. The maximum absolute atomic E-state index is 11.3. The van der Waals surface area contributed by atoms with Crippen LogP contribution in [-0.2, 0) is 11.2 Å². The monoisotopic (exact) mass is 215 g/mol. The Morgan fingerprint density at radius 2 is 1.81 bits per heavy atom. The lowest BCUT2D eigenvalue weighted by atomic mass is 10.00. The summed E-state index contributed by atoms with van der Waals surface area (Å²) in [5.74, 6) is 0.213. The summed E-state index contributed by atoms with van der Waals surface area (Å²) in [5, 5.41) is 1.23. The van der Waals surface area contributed by atoms with Crippen molar-refractivity contribution in [2.24, 2.45) is 0 Å². The summed E-state index contributed by atoms with van der Waals surface area (Å²) in [6.45, 7) is 7.87. The molecule has 1 aromatic carbocycles. The lowest BCUT2D eigenvalue weighted by molar-refractivity contribution is -0.116. The lowest BCUT2D eigenvalue weighted by Crippen LogP contribution is -1.97. The Bertz CT molecular complexity index is 564. The van der Waals surface area contributed by atoms with Crippen LogP contribution in [0.25, 0.3) is 10.9 Å². The van der Waals surface area contributed by atoms with Crippen LogP contribution in [0.4, 0.5) is 0 Å². The van der Waals surface area contributed by atoms with Crippen molar-refractivity contribution >= 4 is 16.7 Å². The van der Waals surface area contributed by atoms with Gasteiger partial charge in [0.15, 0.2) is 0 Å². The normalized spacial score (nSPS) is 11.0. The Labute approximate surface area is 95.7 Å². The summed E-state index contributed by atoms with van der Waals surface area (Å²) < 4.78 is 0. The molecule has 0 aliphatic carbocycles. The van der Waals surface area contributed by atoms with Gasteiger partial charge in [-0.25, -0.2) is 0 Å². The third-order valence-electron chi connectivity index (χ3n) is 3.11. The molecule has 84 valence electrons. The second kappa shape index (κ2) is 3.78. The van der Waals surface area contributed by atoms with Crippen LogP contribution < -0.4 is 0 Å². The number of hydrogen-bond donors (Lipinski definition) is 1. The average molecular weight is 215 g/mol. The van der Waals surface area contributed by atoms with Crippen molar-refractivity contribution in [3.05, 3.63) is 34.5 Å². The molecule has 0 fully saturated rings. The number of rotatable bonds is 2. The maximum Gasteiger partial charge on any atom is 0.134 e. The van der Waals surface area contributed by atoms with Gasteiger partial charge in [-0.2, -0.15) is 0 Å². The molecule has 0 spiro atoms. The number of carbonyl (C=O) groups excluding carboxylic acids is 1. The molecule has 2 rings (SSSR count). The number of Topliss-reactive ketones (excluding diaryl/α,β-unsaturated/α-hetero) is 1. The predicted octanol–water partition coefficient (Wildman–Crippen LogP) is 3.22. The van der Waals surface area contributed by atoms with Crippen molar-refractivity contribution in [2.75, 3.05) is 0 Å². The number of hydrogen-bond acceptors (Lipinski definition) is 1. The van der Waals surface area contributed by atoms with Crippen LogP contribution in [-0.4, -0.2) is 10.8 Å². The number of nitrogens with one attached hydrogen (secondary N) is 1. The summed E-state index contributed by atoms with van der Waals surface area (Å²) in [6, 6.07) is 4.24. The van der Waals surface area contributed by atoms with Gasteiger partial charge in [-0.05, 0) is 44.4 Å². The van der Waals surface area contributed by atoms with Crippen LogP contribution in [0.1, 0.15) is 29.3 Å². The highest BCUT2D eigenvalue weighted by Crippen LogP contribution is 2.28. The second-order valence-corrected chi connectivity index (χ2v) is 4.56. The molecule has 0 amide bonds. The number of fused-ring (bicyclic) bond motifs is 1. The van der Waals surface area contributed by atoms with Gasteiger partial charge in [0.2, 0.25) is 0 Å². The van der Waals surface area contributed by atoms with Crippen molar-refractivity contribution < 1.29 is 4.79 Å². The molecule has 0 aliphatic rings. The van der Waals surface area contributed by atoms with Crippen LogP contribution in [0.15, 0.2) is 12.1 Å². The molecule has 0 saturated carbocycles. The smallest absolute Gasteiger partial charge is 0.134 e. The molecule has 0 radical (unpaired) electrons. The number of ketones is 1. The van der Waals surface area contributed by atoms with E-state index in [0.717, 1.165) is 11.3 Å². The van der Waals surface area contributed by atoms with E-state index in [0.29, 0.717) is 6.42 Å². The van der Waals surface area contributed by atoms with Gasteiger partial charge < -0.3 is 4.98 Å². The second-order valence-electron chi connectivity index (χ2n) is 4.56. The highest BCUT2D eigenvalue weighted by atomic mass is 16.1. The lowest BCUT2D eigenvalue weighted by Gasteiger charge is -2.03. The molecule has 16 heavy (non-hydrogen) atoms. The number of aryl methyl sites for hydroxylation is 3. The first kappa shape index (κ1) is 10.9. The van der Waals surface area contributed by atoms with E-state index in [9.17, 15) is 4.79 Å². The SMILES string of the molecule is CC(=O)Cc1c(C)[nH]c2c(C)ccc(C)c12. The first-order valence-corrected chi connectivity index (χ1v) is 5.57. The van der Waals surface area contributed by atoms with Gasteiger partial charge >= 0.3 is 0 Å². The average Bonchev–Trinajstić information content (AvgIpc) is 2.51. The molecule has 0 bridgehead atoms. The predicted molar refractivity (Wildman–Crippen MR) is 66.9 cm³/mol. The Hall–Kier alpha value is -1.57. The number of aromatic nitrogens is 1. The van der Waals surface area contributed by atoms with E-state index in [1.54, 1.807) is 6.92 Å². The third kappa shape index (κ3) is 1.64. The molecule has 0 unspecified atom stereocenters. The first-order chi connectivity index (χ1) is 7.50. The highest BCUT2D eigenvalue weighted by molar-refractivity contribution is 5.93. The van der Waals surface area contributed by atoms with Crippen LogP contribution >= 0.6 is 0 Å². The van der Waals surface area contributed by atoms with Crippen molar-refractivity contribution in [3.63, 3.8) is 0 Å². The number of aromatic amines is 1. The molecule has 2 heteroatoms. The van der Waals surface area contributed by atoms with Crippen molar-refractivity contribution in [1.82, 2.24) is 4.98 Å². The standard InChI is InChI=1S/C14H17NO/c1-8-5-6-9(2)14-13(8)12(7-10(3)16)11(4)15-14/h5-6,15H,7H2,1-4H3. The van der Waals surface area contributed by atoms with Gasteiger partial charge in [-0.3, -0.25) is 4.79 Å². The summed E-state index contributed by atoms with van der Waals surface area (Å²) in [5.41, 5.74) is 5.92. The fraction of sp³-hybridized carbons (Fsp3) is 0.357. The largest absolute Gasteiger partial charge is 0.358 e. The third-order valence-corrected chi connectivity index (χ3v) is 3.11. The van der Waals surface area contributed by atoms with Gasteiger partial charge in [0.1, 0.15) is 5.78 Å². The van der Waals surface area contributed by atoms with Crippen molar-refractivity contribution in [2.45, 2.75) is 34.1 Å². The molecule has 1 heterocycles. The molecule has 0 aliphatic heterocycles. The van der Waals surface area contributed by atoms with Crippen molar-refractivity contribution in [3.8, 4) is 0 Å². The summed E-state index contributed by atoms with van der Waals surface area (Å²) >= 11 is 0. The molecule has 1 aromatic heterocycles. The molecule has 0 saturated heterocycles. The van der Waals surface area contributed by atoms with Crippen LogP contribution in [0.5, 0.6) is 0 Å². The molecular formula is C14H17NO. The fourth-order valence-corrected chi connectivity index (χ4v) is 2.28. The molecule has 2 aromatic rings. The summed E-state index contributed by atoms with van der Waals surface area (Å²) in [6.07, 6.45) is 0.524. The molecule has 1 N–H and O–H groups in total. The van der Waals surface area contributed by atoms with Gasteiger partial charge in [0.05, 0.1) is 0 Å². The number of benzene rings is 1. The van der Waals surface area contributed by atoms with Gasteiger partial charge in [0, 0.05) is 23.0 Å². The van der Waals surface area contributed by atoms with E-state index >= 15 is 0 Å². The molecule has 0 atom stereocenters. The van der Waals surface area contributed by atoms with Crippen LogP contribution in [0, 0.1) is 20.8 Å². The minimum absolute atomic E-state index is 0.213. The van der Waals surface area contributed by atoms with Crippen molar-refractivity contribution in [1.29, 1.82) is 0 Å². The first-order valence-electron chi connectivity index (χ1n) is 5.57. The van der Waals surface area contributed by atoms with E-state index < -0.39 is 0 Å². The summed E-state index contributed by atoms with van der Waals surface area (Å²) in [7, 11) is 0. The van der Waals surface area contributed by atoms with E-state index in [-0.39, 0.29) is 5.78 Å². The Morgan fingerprint density at radius 1 is 1.19 bits per heavy atom. The number of H-pyrrole nitrogens is 1. The zero-order valence-corrected chi connectivity index (χ0v) is 10.3. The fourth-order valence-electron chi connectivity index (χ4n) is 2.28. The van der Waals surface area contributed by atoms with Gasteiger partial charge in [-0.15, -0.1) is 0 Å². The minimum atomic E-state index is 0.213. The van der Waals surface area contributed by atoms with E-state index in [1.807, 2.05) is 6.92 Å². The van der Waals surface area contributed by atoms with E-state index in [2.05, 4.69) is 31.0 Å². The minimum Gasteiger partial charge on any atom is -0.358 e. The Kier molecular flexibility index (Phi) is 2.58. The molecular weight excluding hydrogens is 198 g/mol.